The van der Waals surface area contributed by atoms with Crippen LogP contribution in [0.15, 0.2) is 30.5 Å². The van der Waals surface area contributed by atoms with Crippen molar-refractivity contribution in [3.63, 3.8) is 0 Å². The number of fused-ring (bicyclic) bond motifs is 1. The molecule has 5 heteroatoms. The zero-order valence-corrected chi connectivity index (χ0v) is 16.1. The molecule has 1 aromatic carbocycles. The second kappa shape index (κ2) is 8.23. The van der Waals surface area contributed by atoms with Gasteiger partial charge in [0.25, 0.3) is 0 Å². The molecule has 1 aromatic heterocycles. The molecule has 3 rings (SSSR count). The number of aryl methyl sites for hydroxylation is 1. The monoisotopic (exact) mass is 358 g/mol. The van der Waals surface area contributed by atoms with Crippen LogP contribution in [-0.4, -0.2) is 42.4 Å². The number of ether oxygens (including phenoxy) is 2. The summed E-state index contributed by atoms with van der Waals surface area (Å²) in [6.45, 7) is 6.38. The van der Waals surface area contributed by atoms with E-state index < -0.39 is 0 Å². The van der Waals surface area contributed by atoms with Gasteiger partial charge in [0.05, 0.1) is 12.2 Å². The van der Waals surface area contributed by atoms with Gasteiger partial charge in [-0.2, -0.15) is 0 Å². The van der Waals surface area contributed by atoms with Gasteiger partial charge in [-0.05, 0) is 44.7 Å². The summed E-state index contributed by atoms with van der Waals surface area (Å²) in [6, 6.07) is 8.58. The predicted octanol–water partition coefficient (Wildman–Crippen LogP) is 3.29. The molecule has 1 amide bonds. The van der Waals surface area contributed by atoms with Gasteiger partial charge < -0.3 is 19.4 Å². The molecule has 142 valence electrons. The number of para-hydroxylation sites is 1. The number of nitrogens with one attached hydrogen (secondary N) is 1. The molecule has 0 bridgehead atoms. The van der Waals surface area contributed by atoms with Gasteiger partial charge in [-0.15, -0.1) is 0 Å². The van der Waals surface area contributed by atoms with Crippen LogP contribution in [0.25, 0.3) is 10.9 Å². The van der Waals surface area contributed by atoms with Crippen LogP contribution in [0.3, 0.4) is 0 Å². The molecule has 1 atom stereocenters. The highest BCUT2D eigenvalue weighted by Crippen LogP contribution is 2.25. The van der Waals surface area contributed by atoms with Crippen molar-refractivity contribution < 1.29 is 14.3 Å². The average Bonchev–Trinajstić information content (AvgIpc) is 2.95. The van der Waals surface area contributed by atoms with Gasteiger partial charge in [-0.25, -0.2) is 0 Å². The zero-order chi connectivity index (χ0) is 18.6. The minimum Gasteiger partial charge on any atom is -0.383 e. The first-order valence-electron chi connectivity index (χ1n) is 9.47. The lowest BCUT2D eigenvalue weighted by Crippen LogP contribution is -2.45. The molecule has 1 aliphatic rings. The minimum atomic E-state index is -0.148. The van der Waals surface area contributed by atoms with E-state index >= 15 is 0 Å². The Kier molecular flexibility index (Phi) is 5.99. The van der Waals surface area contributed by atoms with Crippen LogP contribution >= 0.6 is 0 Å². The topological polar surface area (TPSA) is 52.5 Å². The minimum absolute atomic E-state index is 0.126. The highest BCUT2D eigenvalue weighted by molar-refractivity contribution is 5.85. The Morgan fingerprint density at radius 1 is 1.38 bits per heavy atom. The number of methoxy groups -OCH3 is 1. The van der Waals surface area contributed by atoms with Crippen LogP contribution < -0.4 is 5.32 Å². The molecule has 1 fully saturated rings. The Morgan fingerprint density at radius 2 is 2.19 bits per heavy atom. The fourth-order valence-electron chi connectivity index (χ4n) is 3.80. The first-order chi connectivity index (χ1) is 12.5. The lowest BCUT2D eigenvalue weighted by atomic mass is 9.94. The highest BCUT2D eigenvalue weighted by atomic mass is 16.5. The van der Waals surface area contributed by atoms with E-state index in [1.54, 1.807) is 7.11 Å². The van der Waals surface area contributed by atoms with E-state index in [1.807, 2.05) is 0 Å². The summed E-state index contributed by atoms with van der Waals surface area (Å²) in [4.78, 5) is 12.4. The van der Waals surface area contributed by atoms with Crippen molar-refractivity contribution >= 4 is 16.8 Å². The van der Waals surface area contributed by atoms with Crippen molar-refractivity contribution in [2.45, 2.75) is 57.7 Å². The maximum atomic E-state index is 12.4. The number of amides is 1. The molecule has 0 radical (unpaired) electrons. The van der Waals surface area contributed by atoms with Gasteiger partial charge in [-0.1, -0.05) is 18.2 Å². The molecule has 1 unspecified atom stereocenters. The largest absolute Gasteiger partial charge is 0.383 e. The van der Waals surface area contributed by atoms with E-state index in [2.05, 4.69) is 54.2 Å². The van der Waals surface area contributed by atoms with Crippen molar-refractivity contribution in [1.82, 2.24) is 9.88 Å². The first kappa shape index (κ1) is 18.9. The Balaban J connectivity index is 1.61. The number of nitrogens with zero attached hydrogens (tertiary/aromatic N) is 1. The van der Waals surface area contributed by atoms with E-state index in [1.165, 1.54) is 16.5 Å². The summed E-state index contributed by atoms with van der Waals surface area (Å²) in [5.41, 5.74) is 2.27. The smallest absolute Gasteiger partial charge is 0.220 e. The third-order valence-corrected chi connectivity index (χ3v) is 5.09. The molecular formula is C21H30N2O3. The summed E-state index contributed by atoms with van der Waals surface area (Å²) in [5, 5.41) is 4.41. The Hall–Kier alpha value is -1.85. The fourth-order valence-corrected chi connectivity index (χ4v) is 3.80. The van der Waals surface area contributed by atoms with Crippen LogP contribution in [0.5, 0.6) is 0 Å². The van der Waals surface area contributed by atoms with Gasteiger partial charge in [0.1, 0.15) is 0 Å². The SMILES string of the molecule is COCCn1cc(CCC(=O)NC2CCOC(C)(C)C2)c2ccccc21. The number of benzene rings is 1. The van der Waals surface area contributed by atoms with E-state index in [9.17, 15) is 4.79 Å². The molecule has 0 spiro atoms. The van der Waals surface area contributed by atoms with Crippen LogP contribution in [0, 0.1) is 0 Å². The van der Waals surface area contributed by atoms with E-state index in [0.29, 0.717) is 19.6 Å². The van der Waals surface area contributed by atoms with E-state index in [-0.39, 0.29) is 17.6 Å². The fraction of sp³-hybridized carbons (Fsp3) is 0.571. The second-order valence-corrected chi connectivity index (χ2v) is 7.72. The lowest BCUT2D eigenvalue weighted by Gasteiger charge is -2.35. The Morgan fingerprint density at radius 3 is 2.96 bits per heavy atom. The van der Waals surface area contributed by atoms with Crippen molar-refractivity contribution in [2.75, 3.05) is 20.3 Å². The summed E-state index contributed by atoms with van der Waals surface area (Å²) >= 11 is 0. The molecule has 0 saturated carbocycles. The number of carbonyl (C=O) groups excluding carboxylic acids is 1. The van der Waals surface area contributed by atoms with Crippen LogP contribution in [0.2, 0.25) is 0 Å². The lowest BCUT2D eigenvalue weighted by molar-refractivity contribution is -0.124. The maximum absolute atomic E-state index is 12.4. The zero-order valence-electron chi connectivity index (χ0n) is 16.1. The number of hydrogen-bond acceptors (Lipinski definition) is 3. The third-order valence-electron chi connectivity index (χ3n) is 5.09. The summed E-state index contributed by atoms with van der Waals surface area (Å²) < 4.78 is 13.1. The van der Waals surface area contributed by atoms with Crippen LogP contribution in [0.4, 0.5) is 0 Å². The van der Waals surface area contributed by atoms with Gasteiger partial charge in [-0.3, -0.25) is 4.79 Å². The molecule has 1 aliphatic heterocycles. The van der Waals surface area contributed by atoms with Crippen LogP contribution in [-0.2, 0) is 27.2 Å². The summed E-state index contributed by atoms with van der Waals surface area (Å²) in [7, 11) is 1.72. The molecule has 26 heavy (non-hydrogen) atoms. The molecule has 5 nitrogen and oxygen atoms in total. The molecular weight excluding hydrogens is 328 g/mol. The Labute approximate surface area is 155 Å². The molecule has 1 saturated heterocycles. The molecule has 1 N–H and O–H groups in total. The maximum Gasteiger partial charge on any atom is 0.220 e. The summed E-state index contributed by atoms with van der Waals surface area (Å²) in [5.74, 6) is 0.126. The molecule has 0 aliphatic carbocycles. The predicted molar refractivity (Wildman–Crippen MR) is 103 cm³/mol. The van der Waals surface area contributed by atoms with Crippen molar-refractivity contribution in [2.24, 2.45) is 0 Å². The van der Waals surface area contributed by atoms with Gasteiger partial charge >= 0.3 is 0 Å². The quantitative estimate of drug-likeness (QED) is 0.826. The van der Waals surface area contributed by atoms with Crippen molar-refractivity contribution in [1.29, 1.82) is 0 Å². The number of rotatable bonds is 7. The van der Waals surface area contributed by atoms with Gasteiger partial charge in [0.15, 0.2) is 0 Å². The normalized spacial score (nSPS) is 19.6. The summed E-state index contributed by atoms with van der Waals surface area (Å²) in [6.07, 6.45) is 5.18. The number of aromatic nitrogens is 1. The molecule has 2 heterocycles. The standard InChI is InChI=1S/C21H30N2O3/c1-21(2)14-17(10-12-26-21)22-20(24)9-8-16-15-23(11-13-25-3)19-7-5-4-6-18(16)19/h4-7,15,17H,8-14H2,1-3H3,(H,22,24). The van der Waals surface area contributed by atoms with E-state index in [4.69, 9.17) is 9.47 Å². The highest BCUT2D eigenvalue weighted by Gasteiger charge is 2.29. The van der Waals surface area contributed by atoms with Gasteiger partial charge in [0.2, 0.25) is 5.91 Å². The van der Waals surface area contributed by atoms with Gasteiger partial charge in [0, 0.05) is 49.8 Å². The van der Waals surface area contributed by atoms with Crippen molar-refractivity contribution in [3.8, 4) is 0 Å². The molecule has 2 aromatic rings. The first-order valence-corrected chi connectivity index (χ1v) is 9.47. The van der Waals surface area contributed by atoms with Crippen LogP contribution in [0.1, 0.15) is 38.7 Å². The van der Waals surface area contributed by atoms with Crippen molar-refractivity contribution in [3.05, 3.63) is 36.0 Å². The number of hydrogen-bond donors (Lipinski definition) is 1. The average molecular weight is 358 g/mol. The third kappa shape index (κ3) is 4.65. The Bertz CT molecular complexity index is 751. The van der Waals surface area contributed by atoms with E-state index in [0.717, 1.165) is 25.8 Å². The number of carbonyl (C=O) groups is 1. The second-order valence-electron chi connectivity index (χ2n) is 7.72.